The number of carbonyl (C=O) groups excluding carboxylic acids is 2. The van der Waals surface area contributed by atoms with Crippen molar-refractivity contribution in [2.24, 2.45) is 0 Å². The van der Waals surface area contributed by atoms with Gasteiger partial charge in [0, 0.05) is 42.1 Å². The molecule has 3 rings (SSSR count). The predicted octanol–water partition coefficient (Wildman–Crippen LogP) is 3.94. The van der Waals surface area contributed by atoms with E-state index in [1.165, 1.54) is 16.2 Å². The number of rotatable bonds is 4. The van der Waals surface area contributed by atoms with Crippen LogP contribution in [0.2, 0.25) is 5.02 Å². The van der Waals surface area contributed by atoms with Gasteiger partial charge < -0.3 is 14.5 Å². The van der Waals surface area contributed by atoms with Gasteiger partial charge in [0.15, 0.2) is 6.61 Å². The van der Waals surface area contributed by atoms with Crippen molar-refractivity contribution in [1.29, 1.82) is 0 Å². The summed E-state index contributed by atoms with van der Waals surface area (Å²) in [5, 5.41) is -0.0973. The lowest BCUT2D eigenvalue weighted by atomic mass is 10.2. The van der Waals surface area contributed by atoms with E-state index in [4.69, 9.17) is 16.3 Å². The van der Waals surface area contributed by atoms with Gasteiger partial charge in [-0.1, -0.05) is 11.6 Å². The molecule has 1 fully saturated rings. The van der Waals surface area contributed by atoms with Crippen LogP contribution in [0.5, 0.6) is 0 Å². The van der Waals surface area contributed by atoms with Crippen LogP contribution in [0, 0.1) is 13.8 Å². The number of thiophene rings is 1. The fourth-order valence-corrected chi connectivity index (χ4v) is 4.31. The molecule has 0 bridgehead atoms. The van der Waals surface area contributed by atoms with Gasteiger partial charge in [0.2, 0.25) is 0 Å². The van der Waals surface area contributed by atoms with Gasteiger partial charge in [0.25, 0.3) is 5.91 Å². The molecule has 2 aromatic heterocycles. The number of piperazine rings is 1. The molecular weight excluding hydrogens is 443 g/mol. The third-order valence-corrected chi connectivity index (χ3v) is 5.91. The Balaban J connectivity index is 1.53. The molecule has 0 unspecified atom stereocenters. The topological polar surface area (TPSA) is 62.7 Å². The Morgan fingerprint density at radius 2 is 1.87 bits per heavy atom. The van der Waals surface area contributed by atoms with Crippen molar-refractivity contribution < 1.29 is 27.5 Å². The Hall–Kier alpha value is -2.33. The van der Waals surface area contributed by atoms with E-state index >= 15 is 0 Å². The van der Waals surface area contributed by atoms with Crippen LogP contribution < -0.4 is 4.90 Å². The molecule has 2 aromatic rings. The first-order chi connectivity index (χ1) is 14.1. The molecule has 1 saturated heterocycles. The molecule has 1 aliphatic rings. The van der Waals surface area contributed by atoms with Crippen LogP contribution in [0.15, 0.2) is 18.3 Å². The first-order valence-electron chi connectivity index (χ1n) is 9.06. The largest absolute Gasteiger partial charge is 0.452 e. The molecule has 3 heterocycles. The second kappa shape index (κ2) is 8.81. The van der Waals surface area contributed by atoms with E-state index in [1.807, 2.05) is 13.8 Å². The molecule has 0 N–H and O–H groups in total. The van der Waals surface area contributed by atoms with Crippen molar-refractivity contribution in [3.8, 4) is 0 Å². The van der Waals surface area contributed by atoms with E-state index in [0.29, 0.717) is 31.7 Å². The van der Waals surface area contributed by atoms with Crippen LogP contribution in [0.25, 0.3) is 0 Å². The fourth-order valence-electron chi connectivity index (χ4n) is 3.12. The van der Waals surface area contributed by atoms with Gasteiger partial charge in [0.05, 0.1) is 16.1 Å². The molecule has 30 heavy (non-hydrogen) atoms. The molecule has 0 saturated carbocycles. The Bertz CT molecular complexity index is 956. The highest BCUT2D eigenvalue weighted by Crippen LogP contribution is 2.33. The van der Waals surface area contributed by atoms with Crippen LogP contribution in [0.4, 0.5) is 19.0 Å². The molecule has 1 amide bonds. The van der Waals surface area contributed by atoms with Crippen LogP contribution in [0.3, 0.4) is 0 Å². The number of hydrogen-bond donors (Lipinski definition) is 0. The monoisotopic (exact) mass is 461 g/mol. The number of carbonyl (C=O) groups is 2. The number of hydrogen-bond acceptors (Lipinski definition) is 6. The lowest BCUT2D eigenvalue weighted by Gasteiger charge is -2.35. The number of amides is 1. The van der Waals surface area contributed by atoms with Crippen LogP contribution >= 0.6 is 22.9 Å². The second-order valence-corrected chi connectivity index (χ2v) is 8.67. The molecule has 6 nitrogen and oxygen atoms in total. The average molecular weight is 462 g/mol. The summed E-state index contributed by atoms with van der Waals surface area (Å²) in [5.41, 5.74) is -0.457. The maximum atomic E-state index is 12.8. The first kappa shape index (κ1) is 22.4. The summed E-state index contributed by atoms with van der Waals surface area (Å²) in [7, 11) is 0. The highest BCUT2D eigenvalue weighted by Gasteiger charge is 2.32. The summed E-state index contributed by atoms with van der Waals surface area (Å²) in [6.45, 7) is 4.65. The number of aromatic nitrogens is 1. The van der Waals surface area contributed by atoms with E-state index in [9.17, 15) is 22.8 Å². The normalized spacial score (nSPS) is 14.7. The lowest BCUT2D eigenvalue weighted by molar-refractivity contribution is -0.138. The molecule has 1 aliphatic heterocycles. The fraction of sp³-hybridized carbons (Fsp3) is 0.421. The molecule has 0 atom stereocenters. The Labute approximate surface area is 180 Å². The molecule has 162 valence electrons. The minimum Gasteiger partial charge on any atom is -0.452 e. The molecular formula is C19H19ClF3N3O3S. The maximum Gasteiger partial charge on any atom is 0.417 e. The summed E-state index contributed by atoms with van der Waals surface area (Å²) in [6, 6.07) is 2.57. The SMILES string of the molecule is Cc1cc(C(=O)OCC(=O)N2CCN(c3ncc(C(F)(F)F)cc3Cl)CC2)c(C)s1. The van der Waals surface area contributed by atoms with E-state index in [2.05, 4.69) is 4.98 Å². The number of esters is 1. The smallest absolute Gasteiger partial charge is 0.417 e. The average Bonchev–Trinajstić information content (AvgIpc) is 3.03. The van der Waals surface area contributed by atoms with Crippen molar-refractivity contribution in [3.05, 3.63) is 44.2 Å². The van der Waals surface area contributed by atoms with Crippen LogP contribution in [0.1, 0.15) is 25.7 Å². The molecule has 0 aromatic carbocycles. The van der Waals surface area contributed by atoms with Crippen molar-refractivity contribution in [2.75, 3.05) is 37.7 Å². The van der Waals surface area contributed by atoms with Crippen molar-refractivity contribution in [1.82, 2.24) is 9.88 Å². The highest BCUT2D eigenvalue weighted by molar-refractivity contribution is 7.12. The minimum atomic E-state index is -4.52. The van der Waals surface area contributed by atoms with Crippen molar-refractivity contribution in [2.45, 2.75) is 20.0 Å². The summed E-state index contributed by atoms with van der Waals surface area (Å²) < 4.78 is 43.4. The van der Waals surface area contributed by atoms with E-state index in [-0.39, 0.29) is 23.4 Å². The Morgan fingerprint density at radius 1 is 1.20 bits per heavy atom. The number of pyridine rings is 1. The van der Waals surface area contributed by atoms with E-state index < -0.39 is 17.7 Å². The number of nitrogens with zero attached hydrogens (tertiary/aromatic N) is 3. The zero-order valence-electron chi connectivity index (χ0n) is 16.3. The van der Waals surface area contributed by atoms with Crippen molar-refractivity contribution >= 4 is 40.6 Å². The standard InChI is InChI=1S/C19H19ClF3N3O3S/c1-11-7-14(12(2)30-11)18(28)29-10-16(27)25-3-5-26(6-4-25)17-15(20)8-13(9-24-17)19(21,22)23/h7-9H,3-6,10H2,1-2H3. The molecule has 0 aliphatic carbocycles. The maximum absolute atomic E-state index is 12.8. The third kappa shape index (κ3) is 5.04. The van der Waals surface area contributed by atoms with E-state index in [1.54, 1.807) is 11.0 Å². The predicted molar refractivity (Wildman–Crippen MR) is 107 cm³/mol. The molecule has 11 heteroatoms. The lowest BCUT2D eigenvalue weighted by Crippen LogP contribution is -2.50. The highest BCUT2D eigenvalue weighted by atomic mass is 35.5. The van der Waals surface area contributed by atoms with Gasteiger partial charge >= 0.3 is 12.1 Å². The summed E-state index contributed by atoms with van der Waals surface area (Å²) in [4.78, 5) is 33.4. The number of aryl methyl sites for hydroxylation is 2. The first-order valence-corrected chi connectivity index (χ1v) is 10.3. The van der Waals surface area contributed by atoms with Gasteiger partial charge in [-0.05, 0) is 26.0 Å². The zero-order valence-corrected chi connectivity index (χ0v) is 17.8. The summed E-state index contributed by atoms with van der Waals surface area (Å²) >= 11 is 7.46. The molecule has 0 radical (unpaired) electrons. The van der Waals surface area contributed by atoms with Gasteiger partial charge in [0.1, 0.15) is 5.82 Å². The summed E-state index contributed by atoms with van der Waals surface area (Å²) in [5.74, 6) is -0.629. The quantitative estimate of drug-likeness (QED) is 0.645. The van der Waals surface area contributed by atoms with Crippen molar-refractivity contribution in [3.63, 3.8) is 0 Å². The van der Waals surface area contributed by atoms with Gasteiger partial charge in [-0.25, -0.2) is 9.78 Å². The second-order valence-electron chi connectivity index (χ2n) is 6.80. The van der Waals surface area contributed by atoms with Crippen LogP contribution in [-0.2, 0) is 15.7 Å². The molecule has 0 spiro atoms. The number of anilines is 1. The van der Waals surface area contributed by atoms with Gasteiger partial charge in [-0.2, -0.15) is 13.2 Å². The van der Waals surface area contributed by atoms with Crippen LogP contribution in [-0.4, -0.2) is 54.5 Å². The summed E-state index contributed by atoms with van der Waals surface area (Å²) in [6.07, 6.45) is -3.77. The van der Waals surface area contributed by atoms with E-state index in [0.717, 1.165) is 22.0 Å². The Kier molecular flexibility index (Phi) is 6.56. The Morgan fingerprint density at radius 3 is 2.40 bits per heavy atom. The minimum absolute atomic E-state index is 0.0973. The van der Waals surface area contributed by atoms with Gasteiger partial charge in [-0.3, -0.25) is 4.79 Å². The van der Waals surface area contributed by atoms with Gasteiger partial charge in [-0.15, -0.1) is 11.3 Å². The number of ether oxygens (including phenoxy) is 1. The number of alkyl halides is 3. The number of halogens is 4. The third-order valence-electron chi connectivity index (χ3n) is 4.67. The zero-order chi connectivity index (χ0) is 22.1.